The molecule has 3 rings (SSSR count). The lowest BCUT2D eigenvalue weighted by molar-refractivity contribution is -0.161. The Morgan fingerprint density at radius 2 is 2.09 bits per heavy atom. The monoisotopic (exact) mass is 356 g/mol. The minimum absolute atomic E-state index is 0.0634. The van der Waals surface area contributed by atoms with Crippen molar-refractivity contribution < 1.29 is 45.6 Å². The second-order valence-corrected chi connectivity index (χ2v) is 7.50. The zero-order valence-corrected chi connectivity index (χ0v) is 12.5. The molecule has 0 spiro atoms. The van der Waals surface area contributed by atoms with Gasteiger partial charge in [0.05, 0.1) is 12.0 Å². The molecule has 2 saturated carbocycles. The van der Waals surface area contributed by atoms with Gasteiger partial charge < -0.3 is 14.2 Å². The number of esters is 2. The van der Waals surface area contributed by atoms with E-state index in [1.54, 1.807) is 0 Å². The number of rotatable bonds is 6. The van der Waals surface area contributed by atoms with E-state index < -0.39 is 46.8 Å². The number of hydrogen-bond donors (Lipinski definition) is 1. The summed E-state index contributed by atoms with van der Waals surface area (Å²) >= 11 is 0. The Hall–Kier alpha value is -1.33. The van der Waals surface area contributed by atoms with Crippen LogP contribution in [0.5, 0.6) is 0 Å². The highest BCUT2D eigenvalue weighted by atomic mass is 32.2. The van der Waals surface area contributed by atoms with Gasteiger partial charge in [-0.2, -0.15) is 17.2 Å². The fraction of sp³-hybridized carbons (Fsp3) is 0.833. The van der Waals surface area contributed by atoms with E-state index in [-0.39, 0.29) is 23.7 Å². The molecule has 23 heavy (non-hydrogen) atoms. The number of ether oxygens (including phenoxy) is 3. The third-order valence-electron chi connectivity index (χ3n) is 4.59. The maximum atomic E-state index is 12.9. The predicted octanol–water partition coefficient (Wildman–Crippen LogP) is -0.0232. The predicted molar refractivity (Wildman–Crippen MR) is 66.8 cm³/mol. The van der Waals surface area contributed by atoms with E-state index >= 15 is 0 Å². The van der Waals surface area contributed by atoms with Gasteiger partial charge in [0.1, 0.15) is 12.7 Å². The maximum absolute atomic E-state index is 12.9. The van der Waals surface area contributed by atoms with Crippen LogP contribution in [0.15, 0.2) is 0 Å². The van der Waals surface area contributed by atoms with Crippen molar-refractivity contribution in [3.63, 3.8) is 0 Å². The van der Waals surface area contributed by atoms with Crippen molar-refractivity contribution in [2.24, 2.45) is 17.8 Å². The van der Waals surface area contributed by atoms with E-state index in [2.05, 4.69) is 4.74 Å². The van der Waals surface area contributed by atoms with Gasteiger partial charge in [-0.1, -0.05) is 0 Å². The molecule has 0 aromatic carbocycles. The van der Waals surface area contributed by atoms with Crippen LogP contribution in [0, 0.1) is 17.8 Å². The first kappa shape index (κ1) is 16.5. The Labute approximate surface area is 129 Å². The summed E-state index contributed by atoms with van der Waals surface area (Å²) in [6, 6.07) is 0. The SMILES string of the molecule is O=C(COC1C2CC3C(=O)OC1C3C2)OCC(F)(F)S(=O)(=O)O. The Morgan fingerprint density at radius 3 is 2.74 bits per heavy atom. The fourth-order valence-corrected chi connectivity index (χ4v) is 3.78. The molecule has 5 atom stereocenters. The van der Waals surface area contributed by atoms with Crippen LogP contribution in [-0.4, -0.2) is 55.6 Å². The van der Waals surface area contributed by atoms with Gasteiger partial charge in [-0.3, -0.25) is 9.35 Å². The van der Waals surface area contributed by atoms with Crippen LogP contribution in [0.25, 0.3) is 0 Å². The molecular formula is C12H14F2O8S. The smallest absolute Gasteiger partial charge is 0.402 e. The van der Waals surface area contributed by atoms with E-state index in [1.807, 2.05) is 0 Å². The summed E-state index contributed by atoms with van der Waals surface area (Å²) in [5.74, 6) is -1.46. The molecule has 3 aliphatic rings. The molecule has 1 heterocycles. The lowest BCUT2D eigenvalue weighted by atomic mass is 9.88. The lowest BCUT2D eigenvalue weighted by Gasteiger charge is -2.25. The van der Waals surface area contributed by atoms with Crippen molar-refractivity contribution >= 4 is 22.1 Å². The van der Waals surface area contributed by atoms with Crippen LogP contribution in [0.1, 0.15) is 12.8 Å². The molecule has 130 valence electrons. The zero-order valence-electron chi connectivity index (χ0n) is 11.7. The number of carbonyl (C=O) groups is 2. The van der Waals surface area contributed by atoms with Crippen LogP contribution in [0.4, 0.5) is 8.78 Å². The summed E-state index contributed by atoms with van der Waals surface area (Å²) in [6.45, 7) is -2.47. The Kier molecular flexibility index (Phi) is 3.84. The number of halogens is 2. The van der Waals surface area contributed by atoms with Crippen molar-refractivity contribution in [2.75, 3.05) is 13.2 Å². The van der Waals surface area contributed by atoms with E-state index in [0.717, 1.165) is 6.42 Å². The number of fused-ring (bicyclic) bond motifs is 1. The van der Waals surface area contributed by atoms with Crippen molar-refractivity contribution in [3.8, 4) is 0 Å². The first-order valence-corrected chi connectivity index (χ1v) is 8.37. The Bertz CT molecular complexity index is 633. The van der Waals surface area contributed by atoms with E-state index in [9.17, 15) is 26.8 Å². The molecule has 3 fully saturated rings. The molecule has 0 aromatic rings. The standard InChI is InChI=1S/C12H14F2O8S/c13-12(14,23(17,18)19)4-21-8(15)3-20-9-5-1-6-7(2-5)11(16)22-10(6)9/h5-7,9-10H,1-4H2,(H,17,18,19). The van der Waals surface area contributed by atoms with Gasteiger partial charge in [0.15, 0.2) is 6.61 Å². The number of carbonyl (C=O) groups excluding carboxylic acids is 2. The van der Waals surface area contributed by atoms with Crippen LogP contribution in [0.2, 0.25) is 0 Å². The fourth-order valence-electron chi connectivity index (χ4n) is 3.58. The third-order valence-corrected chi connectivity index (χ3v) is 5.46. The van der Waals surface area contributed by atoms with Gasteiger partial charge in [-0.25, -0.2) is 4.79 Å². The topological polar surface area (TPSA) is 116 Å². The highest BCUT2D eigenvalue weighted by molar-refractivity contribution is 7.86. The minimum Gasteiger partial charge on any atom is -0.459 e. The van der Waals surface area contributed by atoms with Gasteiger partial charge in [0.25, 0.3) is 0 Å². The molecule has 1 N–H and O–H groups in total. The Balaban J connectivity index is 1.48. The summed E-state index contributed by atoms with van der Waals surface area (Å²) in [5.41, 5.74) is 0. The highest BCUT2D eigenvalue weighted by Gasteiger charge is 2.62. The molecule has 2 aliphatic carbocycles. The van der Waals surface area contributed by atoms with E-state index in [1.165, 1.54) is 0 Å². The summed E-state index contributed by atoms with van der Waals surface area (Å²) in [6.07, 6.45) is 0.443. The normalized spacial score (nSPS) is 35.4. The molecule has 1 aliphatic heterocycles. The first-order valence-electron chi connectivity index (χ1n) is 6.93. The second-order valence-electron chi connectivity index (χ2n) is 5.95. The molecule has 1 saturated heterocycles. The average Bonchev–Trinajstić information content (AvgIpc) is 3.04. The van der Waals surface area contributed by atoms with Crippen molar-refractivity contribution in [1.29, 1.82) is 0 Å². The largest absolute Gasteiger partial charge is 0.459 e. The molecule has 5 unspecified atom stereocenters. The van der Waals surface area contributed by atoms with Crippen molar-refractivity contribution in [1.82, 2.24) is 0 Å². The maximum Gasteiger partial charge on any atom is 0.402 e. The van der Waals surface area contributed by atoms with Gasteiger partial charge in [0, 0.05) is 5.92 Å². The number of hydrogen-bond acceptors (Lipinski definition) is 7. The van der Waals surface area contributed by atoms with Crippen LogP contribution >= 0.6 is 0 Å². The number of alkyl halides is 2. The van der Waals surface area contributed by atoms with Gasteiger partial charge in [-0.15, -0.1) is 0 Å². The van der Waals surface area contributed by atoms with Crippen molar-refractivity contribution in [3.05, 3.63) is 0 Å². The second kappa shape index (κ2) is 5.35. The third kappa shape index (κ3) is 2.81. The lowest BCUT2D eigenvalue weighted by Crippen LogP contribution is -2.37. The average molecular weight is 356 g/mol. The van der Waals surface area contributed by atoms with Crippen LogP contribution in [0.3, 0.4) is 0 Å². The highest BCUT2D eigenvalue weighted by Crippen LogP contribution is 2.55. The quantitative estimate of drug-likeness (QED) is 0.521. The summed E-state index contributed by atoms with van der Waals surface area (Å²) in [5, 5.41) is -4.58. The molecular weight excluding hydrogens is 342 g/mol. The minimum atomic E-state index is -5.66. The van der Waals surface area contributed by atoms with Crippen molar-refractivity contribution in [2.45, 2.75) is 30.3 Å². The molecule has 2 bridgehead atoms. The molecule has 0 amide bonds. The van der Waals surface area contributed by atoms with E-state index in [4.69, 9.17) is 14.0 Å². The van der Waals surface area contributed by atoms with Gasteiger partial charge in [0.2, 0.25) is 0 Å². The molecule has 11 heteroatoms. The van der Waals surface area contributed by atoms with Crippen LogP contribution < -0.4 is 0 Å². The molecule has 0 radical (unpaired) electrons. The van der Waals surface area contributed by atoms with Crippen LogP contribution in [-0.2, 0) is 33.9 Å². The van der Waals surface area contributed by atoms with Gasteiger partial charge >= 0.3 is 27.3 Å². The van der Waals surface area contributed by atoms with Gasteiger partial charge in [-0.05, 0) is 18.8 Å². The zero-order chi connectivity index (χ0) is 17.0. The summed E-state index contributed by atoms with van der Waals surface area (Å²) in [7, 11) is -5.66. The summed E-state index contributed by atoms with van der Waals surface area (Å²) < 4.78 is 69.5. The van der Waals surface area contributed by atoms with E-state index in [0.29, 0.717) is 6.42 Å². The first-order chi connectivity index (χ1) is 10.6. The molecule has 0 aromatic heterocycles. The Morgan fingerprint density at radius 1 is 1.39 bits per heavy atom. The summed E-state index contributed by atoms with van der Waals surface area (Å²) in [4.78, 5) is 22.9. The molecule has 8 nitrogen and oxygen atoms in total.